The molecule has 2 rings (SSSR count). The number of halogens is 1. The minimum Gasteiger partial charge on any atom is -0.340 e. The van der Waals surface area contributed by atoms with Crippen molar-refractivity contribution in [1.29, 1.82) is 0 Å². The third-order valence-electron chi connectivity index (χ3n) is 2.53. The van der Waals surface area contributed by atoms with Crippen molar-refractivity contribution in [1.82, 2.24) is 16.2 Å². The molecule has 18 heavy (non-hydrogen) atoms. The molecule has 0 radical (unpaired) electrons. The fourth-order valence-corrected chi connectivity index (χ4v) is 1.86. The van der Waals surface area contributed by atoms with Crippen LogP contribution in [-0.4, -0.2) is 18.9 Å². The monoisotopic (exact) mass is 264 g/mol. The molecule has 1 aliphatic rings. The molecule has 0 fully saturated rings. The molecular formula is C12H13ClN4O. The first kappa shape index (κ1) is 12.4. The number of hydrogen-bond donors (Lipinski definition) is 3. The Labute approximate surface area is 110 Å². The number of fused-ring (bicyclic) bond motifs is 1. The van der Waals surface area contributed by atoms with Crippen LogP contribution in [0.3, 0.4) is 0 Å². The highest BCUT2D eigenvalue weighted by molar-refractivity contribution is 6.31. The quantitative estimate of drug-likeness (QED) is 0.625. The number of nitrogens with zero attached hydrogens (tertiary/aromatic N) is 1. The molecule has 1 aromatic carbocycles. The third kappa shape index (κ3) is 2.81. The average molecular weight is 265 g/mol. The molecule has 6 heteroatoms. The number of hydrogen-bond acceptors (Lipinski definition) is 3. The van der Waals surface area contributed by atoms with Crippen LogP contribution < -0.4 is 16.2 Å². The molecule has 1 aromatic rings. The van der Waals surface area contributed by atoms with E-state index < -0.39 is 0 Å². The second-order valence-electron chi connectivity index (χ2n) is 3.71. The molecular weight excluding hydrogens is 252 g/mol. The molecule has 1 heterocycles. The summed E-state index contributed by atoms with van der Waals surface area (Å²) in [6.07, 6.45) is 4.10. The lowest BCUT2D eigenvalue weighted by Crippen LogP contribution is -2.46. The van der Waals surface area contributed by atoms with Gasteiger partial charge in [0.1, 0.15) is 5.84 Å². The second kappa shape index (κ2) is 5.55. The predicted octanol–water partition coefficient (Wildman–Crippen LogP) is 1.70. The van der Waals surface area contributed by atoms with Crippen molar-refractivity contribution in [3.8, 4) is 0 Å². The summed E-state index contributed by atoms with van der Waals surface area (Å²) in [6, 6.07) is 5.38. The van der Waals surface area contributed by atoms with E-state index in [1.54, 1.807) is 6.20 Å². The fourth-order valence-electron chi connectivity index (χ4n) is 1.61. The van der Waals surface area contributed by atoms with Crippen molar-refractivity contribution in [2.45, 2.75) is 6.42 Å². The normalized spacial score (nSPS) is 13.1. The summed E-state index contributed by atoms with van der Waals surface area (Å²) >= 11 is 6.15. The van der Waals surface area contributed by atoms with Gasteiger partial charge in [-0.15, -0.1) is 0 Å². The summed E-state index contributed by atoms with van der Waals surface area (Å²) in [5, 5.41) is 3.13. The summed E-state index contributed by atoms with van der Waals surface area (Å²) in [4.78, 5) is 15.3. The van der Waals surface area contributed by atoms with Gasteiger partial charge >= 0.3 is 6.03 Å². The van der Waals surface area contributed by atoms with Gasteiger partial charge in [0.25, 0.3) is 0 Å². The molecule has 94 valence electrons. The second-order valence-corrected chi connectivity index (χ2v) is 4.11. The van der Waals surface area contributed by atoms with Crippen molar-refractivity contribution in [3.63, 3.8) is 0 Å². The van der Waals surface area contributed by atoms with Gasteiger partial charge in [-0.1, -0.05) is 23.7 Å². The highest BCUT2D eigenvalue weighted by atomic mass is 35.5. The lowest BCUT2D eigenvalue weighted by atomic mass is 10.0. The van der Waals surface area contributed by atoms with Crippen LogP contribution in [0.15, 0.2) is 29.4 Å². The van der Waals surface area contributed by atoms with Crippen LogP contribution in [0.25, 0.3) is 6.08 Å². The molecule has 0 saturated heterocycles. The van der Waals surface area contributed by atoms with Gasteiger partial charge in [-0.05, 0) is 23.3 Å². The van der Waals surface area contributed by atoms with E-state index in [9.17, 15) is 4.79 Å². The van der Waals surface area contributed by atoms with Gasteiger partial charge in [-0.3, -0.25) is 10.9 Å². The summed E-state index contributed by atoms with van der Waals surface area (Å²) in [5.41, 5.74) is 7.25. The number of aliphatic imine (C=N–C) groups is 1. The number of rotatable bonds is 0. The van der Waals surface area contributed by atoms with Crippen LogP contribution in [0.4, 0.5) is 4.79 Å². The number of benzene rings is 1. The first-order chi connectivity index (χ1) is 8.70. The first-order valence-corrected chi connectivity index (χ1v) is 5.83. The Bertz CT molecular complexity index is 525. The van der Waals surface area contributed by atoms with Crippen LogP contribution in [0, 0.1) is 0 Å². The standard InChI is InChI=1S/C12H13ClN4O/c1-14-12(18)17-16-11-7-9-8(5-6-15-11)3-2-4-10(9)13/h2-6H,7H2,1H3,(H,15,16)(H2,14,17,18). The Hall–Kier alpha value is -2.01. The number of nitrogens with one attached hydrogen (secondary N) is 3. The molecule has 0 aliphatic carbocycles. The smallest absolute Gasteiger partial charge is 0.333 e. The molecule has 0 atom stereocenters. The zero-order chi connectivity index (χ0) is 13.0. The van der Waals surface area contributed by atoms with Crippen LogP contribution >= 0.6 is 11.6 Å². The van der Waals surface area contributed by atoms with Crippen LogP contribution in [0.5, 0.6) is 0 Å². The molecule has 0 saturated carbocycles. The SMILES string of the molecule is CNC(=O)NNC1=NC=Cc2cccc(Cl)c2C1. The lowest BCUT2D eigenvalue weighted by molar-refractivity contribution is 0.241. The minimum absolute atomic E-state index is 0.328. The van der Waals surface area contributed by atoms with E-state index in [0.717, 1.165) is 11.1 Å². The van der Waals surface area contributed by atoms with Gasteiger partial charge < -0.3 is 5.32 Å². The Morgan fingerprint density at radius 1 is 1.44 bits per heavy atom. The number of amidine groups is 1. The summed E-state index contributed by atoms with van der Waals surface area (Å²) < 4.78 is 0. The lowest BCUT2D eigenvalue weighted by Gasteiger charge is -2.11. The van der Waals surface area contributed by atoms with Gasteiger partial charge in [-0.2, -0.15) is 0 Å². The van der Waals surface area contributed by atoms with Gasteiger partial charge in [0.05, 0.1) is 0 Å². The van der Waals surface area contributed by atoms with Crippen molar-refractivity contribution in [2.24, 2.45) is 4.99 Å². The van der Waals surface area contributed by atoms with Crippen molar-refractivity contribution >= 4 is 29.5 Å². The molecule has 3 N–H and O–H groups in total. The Morgan fingerprint density at radius 2 is 2.28 bits per heavy atom. The van der Waals surface area contributed by atoms with E-state index in [2.05, 4.69) is 21.2 Å². The number of amides is 2. The molecule has 0 bridgehead atoms. The van der Waals surface area contributed by atoms with Gasteiger partial charge in [-0.25, -0.2) is 9.79 Å². The van der Waals surface area contributed by atoms with E-state index in [4.69, 9.17) is 11.6 Å². The molecule has 0 aromatic heterocycles. The summed E-state index contributed by atoms with van der Waals surface area (Å²) in [6.45, 7) is 0. The van der Waals surface area contributed by atoms with E-state index in [1.165, 1.54) is 7.05 Å². The Balaban J connectivity index is 2.14. The molecule has 1 aliphatic heterocycles. The number of hydrazine groups is 1. The average Bonchev–Trinajstić information content (AvgIpc) is 2.59. The van der Waals surface area contributed by atoms with E-state index in [0.29, 0.717) is 17.3 Å². The minimum atomic E-state index is -0.328. The summed E-state index contributed by atoms with van der Waals surface area (Å²) in [7, 11) is 1.54. The van der Waals surface area contributed by atoms with Gasteiger partial charge in [0.2, 0.25) is 0 Å². The highest BCUT2D eigenvalue weighted by Crippen LogP contribution is 2.23. The zero-order valence-electron chi connectivity index (χ0n) is 9.83. The fraction of sp³-hybridized carbons (Fsp3) is 0.167. The third-order valence-corrected chi connectivity index (χ3v) is 2.89. The van der Waals surface area contributed by atoms with E-state index in [-0.39, 0.29) is 6.03 Å². The maximum atomic E-state index is 11.1. The Morgan fingerprint density at radius 3 is 3.06 bits per heavy atom. The Kier molecular flexibility index (Phi) is 3.84. The van der Waals surface area contributed by atoms with Crippen molar-refractivity contribution in [3.05, 3.63) is 40.5 Å². The van der Waals surface area contributed by atoms with Gasteiger partial charge in [0, 0.05) is 24.7 Å². The highest BCUT2D eigenvalue weighted by Gasteiger charge is 2.11. The number of carbonyl (C=O) groups is 1. The molecule has 0 unspecified atom stereocenters. The maximum absolute atomic E-state index is 11.1. The number of urea groups is 1. The van der Waals surface area contributed by atoms with Crippen molar-refractivity contribution in [2.75, 3.05) is 7.05 Å². The van der Waals surface area contributed by atoms with Crippen molar-refractivity contribution < 1.29 is 4.79 Å². The number of carbonyl (C=O) groups excluding carboxylic acids is 1. The van der Waals surface area contributed by atoms with Crippen LogP contribution in [0.1, 0.15) is 11.1 Å². The van der Waals surface area contributed by atoms with Crippen LogP contribution in [-0.2, 0) is 6.42 Å². The molecule has 0 spiro atoms. The van der Waals surface area contributed by atoms with Crippen LogP contribution in [0.2, 0.25) is 5.02 Å². The van der Waals surface area contributed by atoms with E-state index >= 15 is 0 Å². The largest absolute Gasteiger partial charge is 0.340 e. The van der Waals surface area contributed by atoms with Gasteiger partial charge in [0.15, 0.2) is 0 Å². The van der Waals surface area contributed by atoms with E-state index in [1.807, 2.05) is 24.3 Å². The molecule has 2 amide bonds. The topological polar surface area (TPSA) is 65.5 Å². The molecule has 5 nitrogen and oxygen atoms in total. The summed E-state index contributed by atoms with van der Waals surface area (Å²) in [5.74, 6) is 0.627. The zero-order valence-corrected chi connectivity index (χ0v) is 10.6. The predicted molar refractivity (Wildman–Crippen MR) is 72.4 cm³/mol. The first-order valence-electron chi connectivity index (χ1n) is 5.45. The maximum Gasteiger partial charge on any atom is 0.333 e.